The zero-order valence-corrected chi connectivity index (χ0v) is 9.84. The van der Waals surface area contributed by atoms with Crippen LogP contribution in [0.3, 0.4) is 0 Å². The summed E-state index contributed by atoms with van der Waals surface area (Å²) < 4.78 is 5.12. The number of methoxy groups -OCH3 is 1. The second-order valence-corrected chi connectivity index (χ2v) is 3.72. The smallest absolute Gasteiger partial charge is 0.270 e. The first-order chi connectivity index (χ1) is 8.08. The fourth-order valence-electron chi connectivity index (χ4n) is 1.37. The van der Waals surface area contributed by atoms with E-state index in [1.807, 2.05) is 6.92 Å². The Hall–Kier alpha value is -1.66. The van der Waals surface area contributed by atoms with Crippen LogP contribution in [-0.4, -0.2) is 29.8 Å². The van der Waals surface area contributed by atoms with E-state index in [0.29, 0.717) is 17.9 Å². The first kappa shape index (κ1) is 13.4. The highest BCUT2D eigenvalue weighted by Crippen LogP contribution is 2.23. The molecule has 0 aliphatic rings. The van der Waals surface area contributed by atoms with Crippen molar-refractivity contribution in [3.05, 3.63) is 33.9 Å². The highest BCUT2D eigenvalue weighted by Gasteiger charge is 2.11. The normalized spacial score (nSPS) is 12.2. The molecule has 2 N–H and O–H groups in total. The van der Waals surface area contributed by atoms with Gasteiger partial charge in [-0.25, -0.2) is 0 Å². The van der Waals surface area contributed by atoms with Gasteiger partial charge in [0.05, 0.1) is 18.6 Å². The predicted octanol–water partition coefficient (Wildman–Crippen LogP) is 1.07. The SMILES string of the molecule is COc1ccc([N+](=O)[O-])cc1CNC(C)CO. The fraction of sp³-hybridized carbons (Fsp3) is 0.455. The van der Waals surface area contributed by atoms with Gasteiger partial charge in [0.1, 0.15) is 5.75 Å². The molecule has 0 saturated heterocycles. The molecule has 17 heavy (non-hydrogen) atoms. The lowest BCUT2D eigenvalue weighted by Crippen LogP contribution is -2.28. The Morgan fingerprint density at radius 3 is 2.82 bits per heavy atom. The summed E-state index contributed by atoms with van der Waals surface area (Å²) in [5, 5.41) is 22.6. The maximum atomic E-state index is 10.7. The van der Waals surface area contributed by atoms with Gasteiger partial charge in [0.25, 0.3) is 5.69 Å². The minimum Gasteiger partial charge on any atom is -0.496 e. The summed E-state index contributed by atoms with van der Waals surface area (Å²) in [7, 11) is 1.51. The molecular formula is C11H16N2O4. The Bertz CT molecular complexity index is 395. The number of benzene rings is 1. The molecule has 1 atom stereocenters. The summed E-state index contributed by atoms with van der Waals surface area (Å²) in [6.45, 7) is 2.24. The molecule has 0 heterocycles. The molecule has 1 rings (SSSR count). The second-order valence-electron chi connectivity index (χ2n) is 3.72. The van der Waals surface area contributed by atoms with Gasteiger partial charge in [-0.15, -0.1) is 0 Å². The van der Waals surface area contributed by atoms with Crippen molar-refractivity contribution < 1.29 is 14.8 Å². The number of hydrogen-bond donors (Lipinski definition) is 2. The van der Waals surface area contributed by atoms with Gasteiger partial charge in [0, 0.05) is 30.3 Å². The van der Waals surface area contributed by atoms with Crippen molar-refractivity contribution in [3.8, 4) is 5.75 Å². The van der Waals surface area contributed by atoms with E-state index >= 15 is 0 Å². The summed E-state index contributed by atoms with van der Waals surface area (Å²) >= 11 is 0. The number of rotatable bonds is 6. The maximum absolute atomic E-state index is 10.7. The lowest BCUT2D eigenvalue weighted by molar-refractivity contribution is -0.384. The zero-order valence-electron chi connectivity index (χ0n) is 9.84. The Morgan fingerprint density at radius 2 is 2.29 bits per heavy atom. The molecular weight excluding hydrogens is 224 g/mol. The van der Waals surface area contributed by atoms with Gasteiger partial charge in [0.2, 0.25) is 0 Å². The van der Waals surface area contributed by atoms with E-state index in [9.17, 15) is 10.1 Å². The first-order valence-corrected chi connectivity index (χ1v) is 5.24. The molecule has 1 unspecified atom stereocenters. The van der Waals surface area contributed by atoms with Crippen LogP contribution in [0.15, 0.2) is 18.2 Å². The van der Waals surface area contributed by atoms with Crippen LogP contribution < -0.4 is 10.1 Å². The quantitative estimate of drug-likeness (QED) is 0.574. The number of aliphatic hydroxyl groups is 1. The fourth-order valence-corrected chi connectivity index (χ4v) is 1.37. The maximum Gasteiger partial charge on any atom is 0.270 e. The van der Waals surface area contributed by atoms with E-state index in [0.717, 1.165) is 0 Å². The number of hydrogen-bond acceptors (Lipinski definition) is 5. The highest BCUT2D eigenvalue weighted by atomic mass is 16.6. The summed E-state index contributed by atoms with van der Waals surface area (Å²) in [6.07, 6.45) is 0. The minimum absolute atomic E-state index is 0.0112. The average molecular weight is 240 g/mol. The molecule has 0 spiro atoms. The molecule has 0 aromatic heterocycles. The average Bonchev–Trinajstić information content (AvgIpc) is 2.35. The summed E-state index contributed by atoms with van der Waals surface area (Å²) in [6, 6.07) is 4.37. The first-order valence-electron chi connectivity index (χ1n) is 5.24. The van der Waals surface area contributed by atoms with Gasteiger partial charge in [-0.1, -0.05) is 0 Å². The lowest BCUT2D eigenvalue weighted by Gasteiger charge is -2.13. The third-order valence-corrected chi connectivity index (χ3v) is 2.39. The topological polar surface area (TPSA) is 84.6 Å². The molecule has 0 amide bonds. The van der Waals surface area contributed by atoms with Crippen LogP contribution in [0.2, 0.25) is 0 Å². The summed E-state index contributed by atoms with van der Waals surface area (Å²) in [5.74, 6) is 0.591. The molecule has 0 fully saturated rings. The number of nitro benzene ring substituents is 1. The van der Waals surface area contributed by atoms with Crippen LogP contribution in [0.25, 0.3) is 0 Å². The van der Waals surface area contributed by atoms with Gasteiger partial charge in [-0.05, 0) is 13.0 Å². The Balaban J connectivity index is 2.86. The second kappa shape index (κ2) is 6.17. The lowest BCUT2D eigenvalue weighted by atomic mass is 10.1. The van der Waals surface area contributed by atoms with Crippen molar-refractivity contribution in [2.75, 3.05) is 13.7 Å². The van der Waals surface area contributed by atoms with Crippen molar-refractivity contribution in [1.82, 2.24) is 5.32 Å². The van der Waals surface area contributed by atoms with Gasteiger partial charge < -0.3 is 15.2 Å². The number of non-ortho nitro benzene ring substituents is 1. The molecule has 0 radical (unpaired) electrons. The Morgan fingerprint density at radius 1 is 1.59 bits per heavy atom. The van der Waals surface area contributed by atoms with E-state index in [2.05, 4.69) is 5.32 Å². The van der Waals surface area contributed by atoms with E-state index in [4.69, 9.17) is 9.84 Å². The standard InChI is InChI=1S/C11H16N2O4/c1-8(7-14)12-6-9-5-10(13(15)16)3-4-11(9)17-2/h3-5,8,12,14H,6-7H2,1-2H3. The van der Waals surface area contributed by atoms with Gasteiger partial charge in [0.15, 0.2) is 0 Å². The molecule has 6 nitrogen and oxygen atoms in total. The Kier molecular flexibility index (Phi) is 4.86. The Labute approximate surface area is 99.4 Å². The number of aliphatic hydroxyl groups excluding tert-OH is 1. The largest absolute Gasteiger partial charge is 0.496 e. The van der Waals surface area contributed by atoms with E-state index in [1.165, 1.54) is 19.2 Å². The molecule has 1 aromatic rings. The third-order valence-electron chi connectivity index (χ3n) is 2.39. The predicted molar refractivity (Wildman–Crippen MR) is 63.0 cm³/mol. The van der Waals surface area contributed by atoms with Crippen LogP contribution in [0.1, 0.15) is 12.5 Å². The molecule has 0 bridgehead atoms. The van der Waals surface area contributed by atoms with Crippen LogP contribution in [0, 0.1) is 10.1 Å². The zero-order chi connectivity index (χ0) is 12.8. The van der Waals surface area contributed by atoms with E-state index < -0.39 is 4.92 Å². The van der Waals surface area contributed by atoms with Gasteiger partial charge >= 0.3 is 0 Å². The molecule has 6 heteroatoms. The highest BCUT2D eigenvalue weighted by molar-refractivity contribution is 5.43. The number of nitro groups is 1. The number of nitrogens with zero attached hydrogens (tertiary/aromatic N) is 1. The molecule has 1 aromatic carbocycles. The number of ether oxygens (including phenoxy) is 1. The molecule has 94 valence electrons. The van der Waals surface area contributed by atoms with Gasteiger partial charge in [-0.3, -0.25) is 10.1 Å². The number of nitrogens with one attached hydrogen (secondary N) is 1. The van der Waals surface area contributed by atoms with E-state index in [-0.39, 0.29) is 18.3 Å². The van der Waals surface area contributed by atoms with Crippen LogP contribution in [0.5, 0.6) is 5.75 Å². The molecule has 0 aliphatic carbocycles. The minimum atomic E-state index is -0.446. The van der Waals surface area contributed by atoms with Crippen molar-refractivity contribution in [3.63, 3.8) is 0 Å². The monoisotopic (exact) mass is 240 g/mol. The molecule has 0 saturated carbocycles. The van der Waals surface area contributed by atoms with Crippen LogP contribution in [0.4, 0.5) is 5.69 Å². The summed E-state index contributed by atoms with van der Waals surface area (Å²) in [5.41, 5.74) is 0.723. The van der Waals surface area contributed by atoms with Gasteiger partial charge in [-0.2, -0.15) is 0 Å². The van der Waals surface area contributed by atoms with Crippen LogP contribution in [-0.2, 0) is 6.54 Å². The van der Waals surface area contributed by atoms with E-state index in [1.54, 1.807) is 6.07 Å². The van der Waals surface area contributed by atoms with Crippen molar-refractivity contribution in [2.45, 2.75) is 19.5 Å². The molecule has 0 aliphatic heterocycles. The van der Waals surface area contributed by atoms with Crippen molar-refractivity contribution in [2.24, 2.45) is 0 Å². The van der Waals surface area contributed by atoms with Crippen molar-refractivity contribution in [1.29, 1.82) is 0 Å². The third kappa shape index (κ3) is 3.69. The van der Waals surface area contributed by atoms with Crippen molar-refractivity contribution >= 4 is 5.69 Å². The summed E-state index contributed by atoms with van der Waals surface area (Å²) in [4.78, 5) is 10.2. The van der Waals surface area contributed by atoms with Crippen LogP contribution >= 0.6 is 0 Å².